The molecule has 730 valence electrons. The first kappa shape index (κ1) is 108. The Bertz CT molecular complexity index is 6650. The van der Waals surface area contributed by atoms with Crippen LogP contribution in [0.1, 0.15) is 141 Å². The smallest absolute Gasteiger partial charge is 0.175 e. The molecule has 0 saturated carbocycles. The highest BCUT2D eigenvalue weighted by atomic mass is 31.2. The molecule has 0 aliphatic carbocycles. The number of aldehydes is 1. The van der Waals surface area contributed by atoms with E-state index in [1.54, 1.807) is 7.11 Å². The summed E-state index contributed by atoms with van der Waals surface area (Å²) in [6, 6.07) is 129. The molecule has 0 fully saturated rings. The zero-order valence-electron chi connectivity index (χ0n) is 85.1. The van der Waals surface area contributed by atoms with E-state index in [0.717, 1.165) is 145 Å². The Morgan fingerprint density at radius 3 is 0.796 bits per heavy atom. The first-order valence-electron chi connectivity index (χ1n) is 48.4. The standard InChI is InChI=1S/C59H54N2O.C42H38N2O2.C13H21O3P.C12H19O2P.2H2O/c1-7-62-57-36-22-50(23-37-57)17-16-49-20-30-54(31-21-49)61(59-39-11-44(4)41-46(59)6)56-34-26-52(27-35-56)51-24-32-55(33-25-51)60(58-38-10-43(3)40-45(58)5)53-28-18-48(19-29-53)15-14-47-12-8-42(2)9-13-47;1-29-6-24-41(31(3)26-29)43(36-14-8-33(28-45)9-15-36)37-16-10-34(11-17-37)35-12-18-38(19-13-35)44(39-20-22-40(46-5)23-21-39)42-25-7-30(2)27-32(42)4;1-4-14-13-10-8-7-9-12(13)11-17(15-5-2)16-6-3;1-4-13-15(14-5-2)10-12-8-6-11(3)7-9-12;;/h8-41H,7H2,1-6H3;6-28H,1-5H3;7-10H,4-6,11H2,1-3H3;6-9H,4-5,10H2,1-3H3;2*1H2/b15-14+,17-16+;;;;;. The van der Waals surface area contributed by atoms with Gasteiger partial charge in [-0.25, -0.2) is 0 Å². The van der Waals surface area contributed by atoms with Crippen molar-refractivity contribution in [2.45, 2.75) is 123 Å². The van der Waals surface area contributed by atoms with E-state index in [9.17, 15) is 4.79 Å². The number of carbonyl (C=O) groups is 1. The lowest BCUT2D eigenvalue weighted by molar-refractivity contribution is 0.112. The average molecular weight is 1930 g/mol. The number of hydrogen-bond donors (Lipinski definition) is 0. The molecule has 16 aromatic rings. The minimum Gasteiger partial charge on any atom is -0.497 e. The molecule has 0 radical (unpaired) electrons. The van der Waals surface area contributed by atoms with Crippen LogP contribution < -0.4 is 33.8 Å². The first-order chi connectivity index (χ1) is 68.1. The summed E-state index contributed by atoms with van der Waals surface area (Å²) < 4.78 is 39.0. The van der Waals surface area contributed by atoms with Gasteiger partial charge in [0.15, 0.2) is 16.8 Å². The highest BCUT2D eigenvalue weighted by Gasteiger charge is 2.23. The molecule has 14 nitrogen and oxygen atoms in total. The van der Waals surface area contributed by atoms with Crippen molar-refractivity contribution in [3.05, 3.63) is 459 Å². The van der Waals surface area contributed by atoms with Gasteiger partial charge in [-0.05, 0) is 347 Å². The Morgan fingerprint density at radius 1 is 0.254 bits per heavy atom. The van der Waals surface area contributed by atoms with Gasteiger partial charge in [0.2, 0.25) is 0 Å². The highest BCUT2D eigenvalue weighted by molar-refractivity contribution is 7.46. The van der Waals surface area contributed by atoms with Crippen molar-refractivity contribution in [3.63, 3.8) is 0 Å². The Balaban J connectivity index is 0.000000209. The molecule has 0 atom stereocenters. The molecule has 4 N–H and O–H groups in total. The lowest BCUT2D eigenvalue weighted by atomic mass is 10.0. The van der Waals surface area contributed by atoms with Crippen LogP contribution in [0.5, 0.6) is 17.2 Å². The van der Waals surface area contributed by atoms with E-state index in [0.29, 0.717) is 32.0 Å². The normalized spacial score (nSPS) is 10.9. The van der Waals surface area contributed by atoms with Crippen molar-refractivity contribution >= 4 is 116 Å². The highest BCUT2D eigenvalue weighted by Crippen LogP contribution is 2.48. The van der Waals surface area contributed by atoms with Gasteiger partial charge in [-0.3, -0.25) is 4.79 Å². The van der Waals surface area contributed by atoms with Gasteiger partial charge < -0.3 is 62.9 Å². The molecule has 0 bridgehead atoms. The van der Waals surface area contributed by atoms with Gasteiger partial charge in [-0.2, -0.15) is 0 Å². The molecule has 0 heterocycles. The Morgan fingerprint density at radius 2 is 0.507 bits per heavy atom. The van der Waals surface area contributed by atoms with Crippen LogP contribution in [0, 0.1) is 69.2 Å². The maximum Gasteiger partial charge on any atom is 0.175 e. The third-order valence-corrected chi connectivity index (χ3v) is 27.2. The largest absolute Gasteiger partial charge is 0.497 e. The third kappa shape index (κ3) is 30.2. The lowest BCUT2D eigenvalue weighted by Crippen LogP contribution is -2.11. The molecule has 0 spiro atoms. The summed E-state index contributed by atoms with van der Waals surface area (Å²) in [5.74, 6) is 2.65. The Labute approximate surface area is 845 Å². The molecule has 0 aromatic heterocycles. The number of anilines is 12. The summed E-state index contributed by atoms with van der Waals surface area (Å²) in [5, 5.41) is 0. The lowest BCUT2D eigenvalue weighted by Gasteiger charge is -2.28. The van der Waals surface area contributed by atoms with Gasteiger partial charge >= 0.3 is 0 Å². The maximum atomic E-state index is 11.3. The number of para-hydroxylation sites is 1. The topological polar surface area (TPSA) is 158 Å². The van der Waals surface area contributed by atoms with Crippen LogP contribution in [0.25, 0.3) is 46.6 Å². The SMILES string of the molecule is CCOP(Cc1ccc(C)cc1)OCC.CCOc1ccc(/C=C/c2ccc(N(c3ccc(-c4ccc(N(c5ccc(/C=C/c6ccc(C)cc6)cc5)c5ccc(C)cc5C)cc4)cc3)c3ccc(C)cc3C)cc2)cc1.CCOc1ccccc1CP(OCC)OCC.COc1ccc(N(c2ccc(-c3ccc(N(c4ccc(C=O)cc4)c4ccc(C)cc4C)cc3)cc2)c2ccc(C)cc2C)cc1.O.O. The molecule has 0 unspecified atom stereocenters. The second-order valence-corrected chi connectivity index (χ2v) is 37.5. The summed E-state index contributed by atoms with van der Waals surface area (Å²) in [5.41, 5.74) is 37.9. The van der Waals surface area contributed by atoms with Crippen molar-refractivity contribution in [1.82, 2.24) is 0 Å². The molecule has 16 rings (SSSR count). The fourth-order valence-corrected chi connectivity index (χ4v) is 19.4. The molecular formula is C126H136N4O10P2. The van der Waals surface area contributed by atoms with Crippen LogP contribution in [0.4, 0.5) is 68.2 Å². The molecular weight excluding hydrogens is 1790 g/mol. The summed E-state index contributed by atoms with van der Waals surface area (Å²) in [4.78, 5) is 20.6. The fraction of sp³-hybridized carbons (Fsp3) is 0.198. The fourth-order valence-electron chi connectivity index (χ4n) is 16.7. The van der Waals surface area contributed by atoms with Gasteiger partial charge in [-0.15, -0.1) is 0 Å². The summed E-state index contributed by atoms with van der Waals surface area (Å²) >= 11 is 0. The number of rotatable bonds is 36. The molecule has 0 aliphatic rings. The second-order valence-electron chi connectivity index (χ2n) is 34.5. The van der Waals surface area contributed by atoms with E-state index < -0.39 is 16.8 Å². The van der Waals surface area contributed by atoms with Crippen LogP contribution in [0.2, 0.25) is 0 Å². The number of hydrogen-bond acceptors (Lipinski definition) is 12. The number of nitrogens with zero attached hydrogens (tertiary/aromatic N) is 4. The number of methoxy groups -OCH3 is 1. The molecule has 0 saturated heterocycles. The first-order valence-corrected chi connectivity index (χ1v) is 51.1. The molecule has 0 amide bonds. The van der Waals surface area contributed by atoms with Gasteiger partial charge in [-0.1, -0.05) is 258 Å². The average Bonchev–Trinajstić information content (AvgIpc) is 0.784. The second kappa shape index (κ2) is 54.6. The minimum absolute atomic E-state index is 0. The number of benzene rings is 16. The number of ether oxygens (including phenoxy) is 3. The van der Waals surface area contributed by atoms with Crippen molar-refractivity contribution in [2.24, 2.45) is 0 Å². The summed E-state index contributed by atoms with van der Waals surface area (Å²) in [6.07, 6.45) is 11.2. The predicted molar refractivity (Wildman–Crippen MR) is 603 cm³/mol. The van der Waals surface area contributed by atoms with Gasteiger partial charge in [0.1, 0.15) is 23.5 Å². The molecule has 16 aromatic carbocycles. The third-order valence-electron chi connectivity index (χ3n) is 23.8. The van der Waals surface area contributed by atoms with Crippen molar-refractivity contribution in [3.8, 4) is 39.5 Å². The van der Waals surface area contributed by atoms with Crippen molar-refractivity contribution in [1.29, 1.82) is 0 Å². The van der Waals surface area contributed by atoms with Crippen LogP contribution in [0.15, 0.2) is 364 Å². The van der Waals surface area contributed by atoms with Crippen LogP contribution >= 0.6 is 16.8 Å². The molecule has 0 aliphatic heterocycles. The Kier molecular flexibility index (Phi) is 41.7. The van der Waals surface area contributed by atoms with E-state index in [4.69, 9.17) is 32.3 Å². The van der Waals surface area contributed by atoms with E-state index >= 15 is 0 Å². The van der Waals surface area contributed by atoms with E-state index in [-0.39, 0.29) is 11.0 Å². The van der Waals surface area contributed by atoms with Crippen LogP contribution in [-0.2, 0) is 30.4 Å². The molecule has 142 heavy (non-hydrogen) atoms. The van der Waals surface area contributed by atoms with E-state index in [2.05, 4.69) is 410 Å². The number of aryl methyl sites for hydroxylation is 10. The van der Waals surface area contributed by atoms with Crippen LogP contribution in [-0.4, -0.2) is 64.0 Å². The molecule has 16 heteroatoms. The zero-order chi connectivity index (χ0) is 98.8. The van der Waals surface area contributed by atoms with E-state index in [1.165, 1.54) is 83.6 Å². The minimum atomic E-state index is -0.844. The van der Waals surface area contributed by atoms with Crippen molar-refractivity contribution in [2.75, 3.05) is 66.4 Å². The summed E-state index contributed by atoms with van der Waals surface area (Å²) in [7, 11) is 0.0990. The van der Waals surface area contributed by atoms with Gasteiger partial charge in [0.05, 0.1) is 46.8 Å². The van der Waals surface area contributed by atoms with E-state index in [1.807, 2.05) is 108 Å². The van der Waals surface area contributed by atoms with Gasteiger partial charge in [0, 0.05) is 91.7 Å². The quantitative estimate of drug-likeness (QED) is 0.0208. The zero-order valence-corrected chi connectivity index (χ0v) is 86.9. The maximum absolute atomic E-state index is 11.3. The van der Waals surface area contributed by atoms with Crippen LogP contribution in [0.3, 0.4) is 0 Å². The number of carbonyl (C=O) groups excluding carboxylic acids is 1. The monoisotopic (exact) mass is 1930 g/mol. The summed E-state index contributed by atoms with van der Waals surface area (Å²) in [6.45, 7) is 37.6. The van der Waals surface area contributed by atoms with Gasteiger partial charge in [0.25, 0.3) is 0 Å². The predicted octanol–water partition coefficient (Wildman–Crippen LogP) is 34.1. The Hall–Kier alpha value is -14.1. The van der Waals surface area contributed by atoms with Crippen molar-refractivity contribution < 1.29 is 48.1 Å².